The SMILES string of the molecule is C=COCCNCCC#N. The van der Waals surface area contributed by atoms with Crippen molar-refractivity contribution in [2.24, 2.45) is 0 Å². The molecule has 0 atom stereocenters. The molecule has 0 aliphatic carbocycles. The highest BCUT2D eigenvalue weighted by molar-refractivity contribution is 4.69. The van der Waals surface area contributed by atoms with E-state index >= 15 is 0 Å². The molecule has 56 valence electrons. The van der Waals surface area contributed by atoms with Gasteiger partial charge in [0.05, 0.1) is 18.9 Å². The molecule has 1 N–H and O–H groups in total. The molecule has 0 aromatic carbocycles. The molecule has 0 aliphatic heterocycles. The van der Waals surface area contributed by atoms with Crippen LogP contribution in [0.25, 0.3) is 0 Å². The molecule has 0 rings (SSSR count). The van der Waals surface area contributed by atoms with Crippen molar-refractivity contribution in [3.8, 4) is 6.07 Å². The number of hydrogen-bond donors (Lipinski definition) is 1. The first-order valence-corrected chi connectivity index (χ1v) is 3.22. The maximum atomic E-state index is 8.13. The summed E-state index contributed by atoms with van der Waals surface area (Å²) in [7, 11) is 0. The molecule has 0 bridgehead atoms. The van der Waals surface area contributed by atoms with E-state index in [1.165, 1.54) is 6.26 Å². The van der Waals surface area contributed by atoms with Crippen LogP contribution >= 0.6 is 0 Å². The minimum absolute atomic E-state index is 0.550. The van der Waals surface area contributed by atoms with Crippen LogP contribution in [0.2, 0.25) is 0 Å². The average Bonchev–Trinajstić information content (AvgIpc) is 1.97. The van der Waals surface area contributed by atoms with Crippen LogP contribution in [0.15, 0.2) is 12.8 Å². The Balaban J connectivity index is 2.78. The lowest BCUT2D eigenvalue weighted by molar-refractivity contribution is 0.250. The maximum absolute atomic E-state index is 8.13. The number of ether oxygens (including phenoxy) is 1. The van der Waals surface area contributed by atoms with Crippen LogP contribution in [0.1, 0.15) is 6.42 Å². The van der Waals surface area contributed by atoms with Crippen LogP contribution in [0.3, 0.4) is 0 Å². The summed E-state index contributed by atoms with van der Waals surface area (Å²) in [5, 5.41) is 11.2. The second-order valence-corrected chi connectivity index (χ2v) is 1.70. The van der Waals surface area contributed by atoms with Crippen LogP contribution in [-0.2, 0) is 4.74 Å². The maximum Gasteiger partial charge on any atom is 0.0997 e. The zero-order chi connectivity index (χ0) is 7.66. The molecule has 3 nitrogen and oxygen atoms in total. The van der Waals surface area contributed by atoms with Crippen molar-refractivity contribution >= 4 is 0 Å². The quantitative estimate of drug-likeness (QED) is 0.435. The Morgan fingerprint density at radius 3 is 3.00 bits per heavy atom. The van der Waals surface area contributed by atoms with Crippen molar-refractivity contribution in [2.75, 3.05) is 19.7 Å². The fraction of sp³-hybridized carbons (Fsp3) is 0.571. The number of nitriles is 1. The molecule has 0 radical (unpaired) electrons. The summed E-state index contributed by atoms with van der Waals surface area (Å²) in [6, 6.07) is 2.04. The molecule has 0 heterocycles. The van der Waals surface area contributed by atoms with Gasteiger partial charge in [-0.15, -0.1) is 0 Å². The van der Waals surface area contributed by atoms with Gasteiger partial charge in [0.1, 0.15) is 0 Å². The van der Waals surface area contributed by atoms with Gasteiger partial charge in [0.15, 0.2) is 0 Å². The lowest BCUT2D eigenvalue weighted by Crippen LogP contribution is -2.19. The highest BCUT2D eigenvalue weighted by Crippen LogP contribution is 1.72. The molecule has 0 amide bonds. The van der Waals surface area contributed by atoms with E-state index in [9.17, 15) is 0 Å². The van der Waals surface area contributed by atoms with Crippen molar-refractivity contribution in [1.29, 1.82) is 5.26 Å². The van der Waals surface area contributed by atoms with Crippen molar-refractivity contribution in [3.05, 3.63) is 12.8 Å². The van der Waals surface area contributed by atoms with Crippen LogP contribution in [0.4, 0.5) is 0 Å². The average molecular weight is 140 g/mol. The fourth-order valence-electron chi connectivity index (χ4n) is 0.484. The Bertz CT molecular complexity index is 117. The van der Waals surface area contributed by atoms with Gasteiger partial charge in [0, 0.05) is 19.5 Å². The van der Waals surface area contributed by atoms with Crippen LogP contribution in [0.5, 0.6) is 0 Å². The summed E-state index contributed by atoms with van der Waals surface area (Å²) < 4.78 is 4.83. The molecular weight excluding hydrogens is 128 g/mol. The lowest BCUT2D eigenvalue weighted by Gasteiger charge is -2.00. The first-order chi connectivity index (χ1) is 4.91. The smallest absolute Gasteiger partial charge is 0.0997 e. The normalized spacial score (nSPS) is 8.30. The lowest BCUT2D eigenvalue weighted by atomic mass is 10.4. The van der Waals surface area contributed by atoms with Gasteiger partial charge in [0.2, 0.25) is 0 Å². The Hall–Kier alpha value is -1.01. The predicted octanol–water partition coefficient (Wildman–Crippen LogP) is 0.650. The molecule has 0 fully saturated rings. The molecule has 0 aliphatic rings. The number of nitrogens with zero attached hydrogens (tertiary/aromatic N) is 1. The molecule has 3 heteroatoms. The first-order valence-electron chi connectivity index (χ1n) is 3.22. The first kappa shape index (κ1) is 8.99. The molecule has 0 saturated carbocycles. The summed E-state index contributed by atoms with van der Waals surface area (Å²) >= 11 is 0. The Kier molecular flexibility index (Phi) is 7.18. The minimum Gasteiger partial charge on any atom is -0.500 e. The predicted molar refractivity (Wildman–Crippen MR) is 39.2 cm³/mol. The van der Waals surface area contributed by atoms with E-state index in [0.29, 0.717) is 13.0 Å². The van der Waals surface area contributed by atoms with Crippen LogP contribution in [-0.4, -0.2) is 19.7 Å². The topological polar surface area (TPSA) is 45.0 Å². The van der Waals surface area contributed by atoms with E-state index < -0.39 is 0 Å². The van der Waals surface area contributed by atoms with Crippen molar-refractivity contribution < 1.29 is 4.74 Å². The van der Waals surface area contributed by atoms with E-state index in [1.54, 1.807) is 0 Å². The highest BCUT2D eigenvalue weighted by atomic mass is 16.5. The standard InChI is InChI=1S/C7H12N2O/c1-2-10-7-6-9-5-3-4-8/h2,9H,1,3,5-7H2. The molecule has 0 spiro atoms. The third kappa shape index (κ3) is 6.99. The Morgan fingerprint density at radius 2 is 2.40 bits per heavy atom. The van der Waals surface area contributed by atoms with Crippen molar-refractivity contribution in [1.82, 2.24) is 5.32 Å². The van der Waals surface area contributed by atoms with Gasteiger partial charge in [-0.2, -0.15) is 5.26 Å². The molecular formula is C7H12N2O. The number of rotatable bonds is 6. The zero-order valence-corrected chi connectivity index (χ0v) is 5.97. The third-order valence-electron chi connectivity index (χ3n) is 0.928. The van der Waals surface area contributed by atoms with Gasteiger partial charge in [-0.25, -0.2) is 0 Å². The molecule has 0 saturated heterocycles. The largest absolute Gasteiger partial charge is 0.500 e. The van der Waals surface area contributed by atoms with Crippen LogP contribution in [0, 0.1) is 11.3 Å². The third-order valence-corrected chi connectivity index (χ3v) is 0.928. The summed E-state index contributed by atoms with van der Waals surface area (Å²) in [6.45, 7) is 5.52. The summed E-state index contributed by atoms with van der Waals surface area (Å²) in [4.78, 5) is 0. The summed E-state index contributed by atoms with van der Waals surface area (Å²) in [5.74, 6) is 0. The van der Waals surface area contributed by atoms with Gasteiger partial charge < -0.3 is 10.1 Å². The van der Waals surface area contributed by atoms with E-state index in [1.807, 2.05) is 6.07 Å². The molecule has 0 unspecified atom stereocenters. The second kappa shape index (κ2) is 7.99. The van der Waals surface area contributed by atoms with E-state index in [0.717, 1.165) is 13.1 Å². The molecule has 0 aromatic rings. The van der Waals surface area contributed by atoms with Gasteiger partial charge in [-0.3, -0.25) is 0 Å². The van der Waals surface area contributed by atoms with E-state index in [2.05, 4.69) is 11.9 Å². The van der Waals surface area contributed by atoms with Crippen LogP contribution < -0.4 is 5.32 Å². The zero-order valence-electron chi connectivity index (χ0n) is 5.97. The van der Waals surface area contributed by atoms with Crippen molar-refractivity contribution in [2.45, 2.75) is 6.42 Å². The second-order valence-electron chi connectivity index (χ2n) is 1.70. The van der Waals surface area contributed by atoms with E-state index in [4.69, 9.17) is 10.00 Å². The summed E-state index contributed by atoms with van der Waals surface area (Å²) in [5.41, 5.74) is 0. The van der Waals surface area contributed by atoms with Gasteiger partial charge >= 0.3 is 0 Å². The molecule has 10 heavy (non-hydrogen) atoms. The van der Waals surface area contributed by atoms with Crippen molar-refractivity contribution in [3.63, 3.8) is 0 Å². The Labute approximate surface area is 61.3 Å². The highest BCUT2D eigenvalue weighted by Gasteiger charge is 1.83. The minimum atomic E-state index is 0.550. The monoisotopic (exact) mass is 140 g/mol. The molecule has 0 aromatic heterocycles. The van der Waals surface area contributed by atoms with Gasteiger partial charge in [-0.05, 0) is 0 Å². The van der Waals surface area contributed by atoms with Gasteiger partial charge in [-0.1, -0.05) is 6.58 Å². The number of nitrogens with one attached hydrogen (secondary N) is 1. The fourth-order valence-corrected chi connectivity index (χ4v) is 0.484. The Morgan fingerprint density at radius 1 is 1.60 bits per heavy atom. The van der Waals surface area contributed by atoms with E-state index in [-0.39, 0.29) is 0 Å². The number of hydrogen-bond acceptors (Lipinski definition) is 3. The van der Waals surface area contributed by atoms with Gasteiger partial charge in [0.25, 0.3) is 0 Å². The summed E-state index contributed by atoms with van der Waals surface area (Å²) in [6.07, 6.45) is 1.96.